The minimum Gasteiger partial charge on any atom is -0.383 e. The summed E-state index contributed by atoms with van der Waals surface area (Å²) in [5.74, 6) is 0.132. The normalized spacial score (nSPS) is 20.7. The van der Waals surface area contributed by atoms with E-state index >= 15 is 0 Å². The summed E-state index contributed by atoms with van der Waals surface area (Å²) in [6, 6.07) is 5.56. The molecule has 7 nitrogen and oxygen atoms in total. The molecule has 0 saturated carbocycles. The Morgan fingerprint density at radius 1 is 1.12 bits per heavy atom. The Morgan fingerprint density at radius 3 is 2.31 bits per heavy atom. The lowest BCUT2D eigenvalue weighted by molar-refractivity contribution is -0.141. The Labute approximate surface area is 154 Å². The van der Waals surface area contributed by atoms with Crippen LogP contribution in [0.25, 0.3) is 0 Å². The number of nitrogens with zero attached hydrogens (tertiary/aromatic N) is 4. The summed E-state index contributed by atoms with van der Waals surface area (Å²) in [7, 11) is 3.49. The van der Waals surface area contributed by atoms with Crippen LogP contribution in [0.1, 0.15) is 31.4 Å². The van der Waals surface area contributed by atoms with Crippen LogP contribution in [0.5, 0.6) is 0 Å². The third kappa shape index (κ3) is 3.82. The van der Waals surface area contributed by atoms with Gasteiger partial charge in [0.1, 0.15) is 5.60 Å². The number of piperidine rings is 2. The van der Waals surface area contributed by atoms with Gasteiger partial charge in [-0.3, -0.25) is 9.78 Å². The molecule has 2 aliphatic heterocycles. The Balaban J connectivity index is 1.52. The van der Waals surface area contributed by atoms with E-state index in [-0.39, 0.29) is 17.9 Å². The van der Waals surface area contributed by atoms with Gasteiger partial charge in [0.25, 0.3) is 0 Å². The molecule has 7 heteroatoms. The molecule has 0 aromatic carbocycles. The molecule has 1 N–H and O–H groups in total. The number of carbonyl (C=O) groups excluding carboxylic acids is 2. The lowest BCUT2D eigenvalue weighted by Gasteiger charge is -2.40. The fraction of sp³-hybridized carbons (Fsp3) is 0.632. The predicted octanol–water partition coefficient (Wildman–Crippen LogP) is 1.29. The second-order valence-electron chi connectivity index (χ2n) is 7.51. The van der Waals surface area contributed by atoms with Crippen molar-refractivity contribution in [3.63, 3.8) is 0 Å². The lowest BCUT2D eigenvalue weighted by atomic mass is 9.86. The fourth-order valence-corrected chi connectivity index (χ4v) is 3.85. The summed E-state index contributed by atoms with van der Waals surface area (Å²) in [5.41, 5.74) is -0.262. The maximum absolute atomic E-state index is 12.8. The second kappa shape index (κ2) is 7.61. The number of aromatic nitrogens is 1. The molecule has 2 aliphatic rings. The number of urea groups is 1. The van der Waals surface area contributed by atoms with Crippen LogP contribution in [0.4, 0.5) is 4.79 Å². The SMILES string of the molecule is CN(C)C(=O)N1CCC(C(=O)N2CCC(O)(c3ccccn3)CC2)CC1. The number of amides is 3. The molecule has 2 fully saturated rings. The predicted molar refractivity (Wildman–Crippen MR) is 97.3 cm³/mol. The number of rotatable bonds is 2. The van der Waals surface area contributed by atoms with E-state index < -0.39 is 5.60 Å². The molecular formula is C19H28N4O3. The third-order valence-electron chi connectivity index (χ3n) is 5.54. The minimum atomic E-state index is -0.945. The van der Waals surface area contributed by atoms with Gasteiger partial charge in [0, 0.05) is 52.4 Å². The average Bonchev–Trinajstić information content (AvgIpc) is 2.68. The van der Waals surface area contributed by atoms with E-state index in [1.807, 2.05) is 23.1 Å². The first-order valence-electron chi connectivity index (χ1n) is 9.29. The Bertz CT molecular complexity index is 633. The molecule has 0 aliphatic carbocycles. The molecule has 0 spiro atoms. The molecule has 1 aromatic heterocycles. The van der Waals surface area contributed by atoms with E-state index in [0.717, 1.165) is 0 Å². The Kier molecular flexibility index (Phi) is 5.46. The van der Waals surface area contributed by atoms with Crippen molar-refractivity contribution in [2.75, 3.05) is 40.3 Å². The van der Waals surface area contributed by atoms with Crippen molar-refractivity contribution in [3.8, 4) is 0 Å². The van der Waals surface area contributed by atoms with Crippen molar-refractivity contribution in [3.05, 3.63) is 30.1 Å². The number of hydrogen-bond donors (Lipinski definition) is 1. The van der Waals surface area contributed by atoms with Crippen LogP contribution in [-0.2, 0) is 10.4 Å². The summed E-state index contributed by atoms with van der Waals surface area (Å²) in [6.45, 7) is 2.34. The number of aliphatic hydroxyl groups is 1. The average molecular weight is 360 g/mol. The third-order valence-corrected chi connectivity index (χ3v) is 5.54. The van der Waals surface area contributed by atoms with Gasteiger partial charge in [0.05, 0.1) is 5.69 Å². The summed E-state index contributed by atoms with van der Waals surface area (Å²) in [5, 5.41) is 10.9. The quantitative estimate of drug-likeness (QED) is 0.862. The minimum absolute atomic E-state index is 0.00861. The van der Waals surface area contributed by atoms with Crippen molar-refractivity contribution in [2.24, 2.45) is 5.92 Å². The highest BCUT2D eigenvalue weighted by Gasteiger charge is 2.38. The van der Waals surface area contributed by atoms with Crippen LogP contribution in [0.3, 0.4) is 0 Å². The van der Waals surface area contributed by atoms with Gasteiger partial charge < -0.3 is 19.8 Å². The van der Waals surface area contributed by atoms with Gasteiger partial charge in [0.15, 0.2) is 0 Å². The maximum atomic E-state index is 12.8. The van der Waals surface area contributed by atoms with E-state index in [4.69, 9.17) is 0 Å². The summed E-state index contributed by atoms with van der Waals surface area (Å²) in [4.78, 5) is 34.4. The molecule has 26 heavy (non-hydrogen) atoms. The molecule has 142 valence electrons. The second-order valence-corrected chi connectivity index (χ2v) is 7.51. The molecule has 0 bridgehead atoms. The molecule has 3 heterocycles. The van der Waals surface area contributed by atoms with Crippen LogP contribution in [0, 0.1) is 5.92 Å². The van der Waals surface area contributed by atoms with Crippen LogP contribution in [-0.4, -0.2) is 77.0 Å². The molecule has 2 saturated heterocycles. The fourth-order valence-electron chi connectivity index (χ4n) is 3.85. The first-order chi connectivity index (χ1) is 12.4. The van der Waals surface area contributed by atoms with Gasteiger partial charge >= 0.3 is 6.03 Å². The maximum Gasteiger partial charge on any atom is 0.319 e. The summed E-state index contributed by atoms with van der Waals surface area (Å²) < 4.78 is 0. The van der Waals surface area contributed by atoms with Crippen molar-refractivity contribution >= 4 is 11.9 Å². The smallest absolute Gasteiger partial charge is 0.319 e. The number of carbonyl (C=O) groups is 2. The van der Waals surface area contributed by atoms with Crippen LogP contribution < -0.4 is 0 Å². The largest absolute Gasteiger partial charge is 0.383 e. The van der Waals surface area contributed by atoms with E-state index in [1.165, 1.54) is 0 Å². The molecule has 0 unspecified atom stereocenters. The highest BCUT2D eigenvalue weighted by molar-refractivity contribution is 5.80. The molecule has 0 radical (unpaired) electrons. The zero-order valence-corrected chi connectivity index (χ0v) is 15.6. The lowest BCUT2D eigenvalue weighted by Crippen LogP contribution is -2.50. The van der Waals surface area contributed by atoms with Crippen molar-refractivity contribution < 1.29 is 14.7 Å². The number of hydrogen-bond acceptors (Lipinski definition) is 4. The monoisotopic (exact) mass is 360 g/mol. The van der Waals surface area contributed by atoms with Crippen LogP contribution >= 0.6 is 0 Å². The van der Waals surface area contributed by atoms with E-state index in [9.17, 15) is 14.7 Å². The van der Waals surface area contributed by atoms with E-state index in [2.05, 4.69) is 4.98 Å². The van der Waals surface area contributed by atoms with Gasteiger partial charge in [-0.1, -0.05) is 6.07 Å². The van der Waals surface area contributed by atoms with Gasteiger partial charge in [0.2, 0.25) is 5.91 Å². The van der Waals surface area contributed by atoms with Crippen molar-refractivity contribution in [1.82, 2.24) is 19.7 Å². The molecular weight excluding hydrogens is 332 g/mol. The molecule has 3 rings (SSSR count). The van der Waals surface area contributed by atoms with Gasteiger partial charge in [-0.05, 0) is 37.8 Å². The number of likely N-dealkylation sites (tertiary alicyclic amines) is 2. The zero-order chi connectivity index (χ0) is 18.7. The standard InChI is InChI=1S/C19H28N4O3/c1-21(2)18(25)23-11-6-15(7-12-23)17(24)22-13-8-19(26,9-14-22)16-5-3-4-10-20-16/h3-5,10,15,26H,6-9,11-14H2,1-2H3. The van der Waals surface area contributed by atoms with Crippen molar-refractivity contribution in [1.29, 1.82) is 0 Å². The van der Waals surface area contributed by atoms with Crippen LogP contribution in [0.2, 0.25) is 0 Å². The van der Waals surface area contributed by atoms with E-state index in [0.29, 0.717) is 57.6 Å². The first-order valence-corrected chi connectivity index (χ1v) is 9.29. The summed E-state index contributed by atoms with van der Waals surface area (Å²) >= 11 is 0. The van der Waals surface area contributed by atoms with Gasteiger partial charge in [-0.25, -0.2) is 4.79 Å². The molecule has 1 aromatic rings. The number of pyridine rings is 1. The first kappa shape index (κ1) is 18.6. The highest BCUT2D eigenvalue weighted by atomic mass is 16.3. The topological polar surface area (TPSA) is 77.0 Å². The Hall–Kier alpha value is -2.15. The Morgan fingerprint density at radius 2 is 1.77 bits per heavy atom. The zero-order valence-electron chi connectivity index (χ0n) is 15.6. The summed E-state index contributed by atoms with van der Waals surface area (Å²) in [6.07, 6.45) is 4.12. The highest BCUT2D eigenvalue weighted by Crippen LogP contribution is 2.32. The van der Waals surface area contributed by atoms with Gasteiger partial charge in [-0.15, -0.1) is 0 Å². The van der Waals surface area contributed by atoms with E-state index in [1.54, 1.807) is 30.1 Å². The molecule has 3 amide bonds. The van der Waals surface area contributed by atoms with Crippen LogP contribution in [0.15, 0.2) is 24.4 Å². The van der Waals surface area contributed by atoms with Crippen molar-refractivity contribution in [2.45, 2.75) is 31.3 Å². The molecule has 0 atom stereocenters. The van der Waals surface area contributed by atoms with Gasteiger partial charge in [-0.2, -0.15) is 0 Å².